The second-order valence-corrected chi connectivity index (χ2v) is 7.84. The molecular weight excluding hydrogens is 314 g/mol. The van der Waals surface area contributed by atoms with E-state index in [-0.39, 0.29) is 17.7 Å². The molecule has 1 aromatic heterocycles. The maximum absolute atomic E-state index is 12.7. The zero-order valence-corrected chi connectivity index (χ0v) is 15.0. The SMILES string of the molecule is Cc1cc(NC(=O)C(C)(C)C)sc1C(=O)N1CCNC(=O)[C@@H]1C. The minimum Gasteiger partial charge on any atom is -0.353 e. The van der Waals surface area contributed by atoms with E-state index < -0.39 is 11.5 Å². The third-order valence-corrected chi connectivity index (χ3v) is 4.93. The van der Waals surface area contributed by atoms with Crippen LogP contribution in [0, 0.1) is 12.3 Å². The van der Waals surface area contributed by atoms with Crippen molar-refractivity contribution in [3.05, 3.63) is 16.5 Å². The first-order chi connectivity index (χ1) is 10.6. The van der Waals surface area contributed by atoms with E-state index in [9.17, 15) is 14.4 Å². The number of anilines is 1. The zero-order valence-electron chi connectivity index (χ0n) is 14.1. The first kappa shape index (κ1) is 17.5. The number of nitrogens with one attached hydrogen (secondary N) is 2. The highest BCUT2D eigenvalue weighted by Crippen LogP contribution is 2.30. The maximum atomic E-state index is 12.7. The first-order valence-electron chi connectivity index (χ1n) is 7.62. The number of carbonyl (C=O) groups is 3. The van der Waals surface area contributed by atoms with E-state index in [1.54, 1.807) is 17.9 Å². The van der Waals surface area contributed by atoms with Gasteiger partial charge in [-0.1, -0.05) is 20.8 Å². The molecule has 1 aliphatic rings. The molecule has 0 unspecified atom stereocenters. The Morgan fingerprint density at radius 1 is 1.39 bits per heavy atom. The van der Waals surface area contributed by atoms with Crippen molar-refractivity contribution >= 4 is 34.1 Å². The van der Waals surface area contributed by atoms with E-state index in [4.69, 9.17) is 0 Å². The topological polar surface area (TPSA) is 78.5 Å². The van der Waals surface area contributed by atoms with Gasteiger partial charge < -0.3 is 15.5 Å². The van der Waals surface area contributed by atoms with Crippen molar-refractivity contribution in [2.24, 2.45) is 5.41 Å². The van der Waals surface area contributed by atoms with Crippen LogP contribution in [-0.2, 0) is 9.59 Å². The summed E-state index contributed by atoms with van der Waals surface area (Å²) < 4.78 is 0. The van der Waals surface area contributed by atoms with Crippen molar-refractivity contribution in [1.29, 1.82) is 0 Å². The van der Waals surface area contributed by atoms with Gasteiger partial charge >= 0.3 is 0 Å². The molecular formula is C16H23N3O3S. The van der Waals surface area contributed by atoms with E-state index in [2.05, 4.69) is 10.6 Å². The quantitative estimate of drug-likeness (QED) is 0.866. The molecule has 0 aliphatic carbocycles. The normalized spacial score (nSPS) is 18.6. The van der Waals surface area contributed by atoms with Crippen LogP contribution in [0.25, 0.3) is 0 Å². The molecule has 6 nitrogen and oxygen atoms in total. The van der Waals surface area contributed by atoms with Gasteiger partial charge in [-0.15, -0.1) is 11.3 Å². The number of rotatable bonds is 2. The van der Waals surface area contributed by atoms with Gasteiger partial charge in [-0.2, -0.15) is 0 Å². The molecule has 1 saturated heterocycles. The van der Waals surface area contributed by atoms with Crippen LogP contribution in [0.4, 0.5) is 5.00 Å². The molecule has 2 N–H and O–H groups in total. The molecule has 2 heterocycles. The number of amides is 3. The highest BCUT2D eigenvalue weighted by atomic mass is 32.1. The van der Waals surface area contributed by atoms with Gasteiger partial charge in [0.25, 0.3) is 5.91 Å². The molecule has 7 heteroatoms. The van der Waals surface area contributed by atoms with Crippen LogP contribution in [0.1, 0.15) is 42.9 Å². The summed E-state index contributed by atoms with van der Waals surface area (Å²) in [4.78, 5) is 38.7. The Kier molecular flexibility index (Phi) is 4.79. The highest BCUT2D eigenvalue weighted by molar-refractivity contribution is 7.18. The monoisotopic (exact) mass is 337 g/mol. The highest BCUT2D eigenvalue weighted by Gasteiger charge is 2.31. The van der Waals surface area contributed by atoms with Gasteiger partial charge in [0.2, 0.25) is 11.8 Å². The van der Waals surface area contributed by atoms with Crippen LogP contribution in [0.3, 0.4) is 0 Å². The van der Waals surface area contributed by atoms with Crippen LogP contribution in [0.2, 0.25) is 0 Å². The van der Waals surface area contributed by atoms with Gasteiger partial charge in [-0.25, -0.2) is 0 Å². The number of thiophene rings is 1. The van der Waals surface area contributed by atoms with Crippen LogP contribution < -0.4 is 10.6 Å². The summed E-state index contributed by atoms with van der Waals surface area (Å²) in [5.41, 5.74) is 0.309. The Balaban J connectivity index is 2.19. The van der Waals surface area contributed by atoms with E-state index in [0.29, 0.717) is 23.0 Å². The molecule has 0 saturated carbocycles. The molecule has 23 heavy (non-hydrogen) atoms. The summed E-state index contributed by atoms with van der Waals surface area (Å²) in [7, 11) is 0. The summed E-state index contributed by atoms with van der Waals surface area (Å²) >= 11 is 1.25. The largest absolute Gasteiger partial charge is 0.353 e. The molecule has 3 amide bonds. The molecule has 1 fully saturated rings. The number of nitrogens with zero attached hydrogens (tertiary/aromatic N) is 1. The van der Waals surface area contributed by atoms with Crippen LogP contribution in [0.5, 0.6) is 0 Å². The van der Waals surface area contributed by atoms with Gasteiger partial charge in [-0.05, 0) is 25.5 Å². The number of hydrogen-bond donors (Lipinski definition) is 2. The lowest BCUT2D eigenvalue weighted by molar-refractivity contribution is -0.127. The Bertz CT molecular complexity index is 645. The molecule has 0 spiro atoms. The van der Waals surface area contributed by atoms with Crippen molar-refractivity contribution in [3.8, 4) is 0 Å². The van der Waals surface area contributed by atoms with Crippen molar-refractivity contribution < 1.29 is 14.4 Å². The van der Waals surface area contributed by atoms with E-state index in [1.807, 2.05) is 27.7 Å². The Hall–Kier alpha value is -1.89. The number of carbonyl (C=O) groups excluding carboxylic acids is 3. The lowest BCUT2D eigenvalue weighted by atomic mass is 9.96. The third-order valence-electron chi connectivity index (χ3n) is 3.79. The lowest BCUT2D eigenvalue weighted by Gasteiger charge is -2.32. The molecule has 2 rings (SSSR count). The summed E-state index contributed by atoms with van der Waals surface area (Å²) in [6.45, 7) is 10.0. The summed E-state index contributed by atoms with van der Waals surface area (Å²) in [5, 5.41) is 6.25. The molecule has 0 radical (unpaired) electrons. The predicted molar refractivity (Wildman–Crippen MR) is 90.6 cm³/mol. The van der Waals surface area contributed by atoms with E-state index >= 15 is 0 Å². The van der Waals surface area contributed by atoms with Gasteiger partial charge in [0.15, 0.2) is 0 Å². The molecule has 1 aliphatic heterocycles. The molecule has 1 atom stereocenters. The Labute approximate surface area is 140 Å². The second-order valence-electron chi connectivity index (χ2n) is 6.79. The van der Waals surface area contributed by atoms with Crippen LogP contribution >= 0.6 is 11.3 Å². The smallest absolute Gasteiger partial charge is 0.265 e. The van der Waals surface area contributed by atoms with Crippen LogP contribution in [0.15, 0.2) is 6.07 Å². The minimum absolute atomic E-state index is 0.0940. The summed E-state index contributed by atoms with van der Waals surface area (Å²) in [6.07, 6.45) is 0. The molecule has 0 bridgehead atoms. The Morgan fingerprint density at radius 2 is 2.04 bits per heavy atom. The fourth-order valence-electron chi connectivity index (χ4n) is 2.25. The average molecular weight is 337 g/mol. The third kappa shape index (κ3) is 3.72. The predicted octanol–water partition coefficient (Wildman–Crippen LogP) is 2.00. The van der Waals surface area contributed by atoms with Crippen molar-refractivity contribution in [1.82, 2.24) is 10.2 Å². The molecule has 1 aromatic rings. The maximum Gasteiger partial charge on any atom is 0.265 e. The number of piperazine rings is 1. The summed E-state index contributed by atoms with van der Waals surface area (Å²) in [5.74, 6) is -0.394. The number of aryl methyl sites for hydroxylation is 1. The van der Waals surface area contributed by atoms with Crippen molar-refractivity contribution in [3.63, 3.8) is 0 Å². The fraction of sp³-hybridized carbons (Fsp3) is 0.562. The van der Waals surface area contributed by atoms with Crippen molar-refractivity contribution in [2.45, 2.75) is 40.7 Å². The van der Waals surface area contributed by atoms with Gasteiger partial charge in [0.05, 0.1) is 9.88 Å². The fourth-order valence-corrected chi connectivity index (χ4v) is 3.27. The molecule has 0 aromatic carbocycles. The van der Waals surface area contributed by atoms with Gasteiger partial charge in [0.1, 0.15) is 6.04 Å². The lowest BCUT2D eigenvalue weighted by Crippen LogP contribution is -2.55. The van der Waals surface area contributed by atoms with Crippen molar-refractivity contribution in [2.75, 3.05) is 18.4 Å². The van der Waals surface area contributed by atoms with Crippen LogP contribution in [-0.4, -0.2) is 41.8 Å². The average Bonchev–Trinajstić information content (AvgIpc) is 2.81. The van der Waals surface area contributed by atoms with Gasteiger partial charge in [0, 0.05) is 18.5 Å². The standard InChI is InChI=1S/C16H23N3O3S/c1-9-8-11(18-15(22)16(3,4)5)23-12(9)14(21)19-7-6-17-13(20)10(19)2/h8,10H,6-7H2,1-5H3,(H,17,20)(H,18,22)/t10-/m0/s1. The summed E-state index contributed by atoms with van der Waals surface area (Å²) in [6, 6.07) is 1.32. The zero-order chi connectivity index (χ0) is 17.4. The molecule has 126 valence electrons. The first-order valence-corrected chi connectivity index (χ1v) is 8.43. The Morgan fingerprint density at radius 3 is 2.65 bits per heavy atom. The van der Waals surface area contributed by atoms with Gasteiger partial charge in [-0.3, -0.25) is 14.4 Å². The van der Waals surface area contributed by atoms with E-state index in [0.717, 1.165) is 5.56 Å². The minimum atomic E-state index is -0.498. The second kappa shape index (κ2) is 6.31. The van der Waals surface area contributed by atoms with E-state index in [1.165, 1.54) is 11.3 Å². The number of hydrogen-bond acceptors (Lipinski definition) is 4.